The van der Waals surface area contributed by atoms with Gasteiger partial charge in [-0.15, -0.1) is 10.2 Å². The summed E-state index contributed by atoms with van der Waals surface area (Å²) in [5, 5.41) is 7.99. The van der Waals surface area contributed by atoms with Crippen molar-refractivity contribution in [3.63, 3.8) is 0 Å². The van der Waals surface area contributed by atoms with Crippen LogP contribution in [0.4, 0.5) is 4.39 Å². The van der Waals surface area contributed by atoms with Crippen LogP contribution in [0.5, 0.6) is 0 Å². The van der Waals surface area contributed by atoms with Crippen molar-refractivity contribution >= 4 is 17.5 Å². The number of carbonyl (C=O) groups excluding carboxylic acids is 1. The lowest BCUT2D eigenvalue weighted by atomic mass is 9.80. The average Bonchev–Trinajstić information content (AvgIpc) is 3.00. The van der Waals surface area contributed by atoms with Gasteiger partial charge in [0.05, 0.1) is 5.41 Å². The summed E-state index contributed by atoms with van der Waals surface area (Å²) in [7, 11) is 0. The van der Waals surface area contributed by atoms with Crippen LogP contribution < -0.4 is 0 Å². The monoisotopic (exact) mass is 287 g/mol. The number of likely N-dealkylation sites (tertiary alicyclic amines) is 1. The highest BCUT2D eigenvalue weighted by atomic mass is 35.5. The lowest BCUT2D eigenvalue weighted by Crippen LogP contribution is -2.37. The van der Waals surface area contributed by atoms with E-state index in [0.717, 1.165) is 19.3 Å². The number of aryl methyl sites for hydroxylation is 1. The molecule has 1 aromatic heterocycles. The minimum atomic E-state index is -1.97. The molecular weight excluding hydrogens is 273 g/mol. The fraction of sp³-hybridized carbons (Fsp3) is 0.750. The molecule has 19 heavy (non-hydrogen) atoms. The molecular formula is C12H15ClFN3O2. The van der Waals surface area contributed by atoms with Gasteiger partial charge in [-0.1, -0.05) is 18.0 Å². The predicted molar refractivity (Wildman–Crippen MR) is 65.4 cm³/mol. The van der Waals surface area contributed by atoms with Crippen molar-refractivity contribution in [2.45, 2.75) is 37.2 Å². The Hall–Kier alpha value is -1.17. The highest BCUT2D eigenvalue weighted by molar-refractivity contribution is 6.29. The third kappa shape index (κ3) is 1.93. The molecule has 0 spiro atoms. The van der Waals surface area contributed by atoms with E-state index in [9.17, 15) is 9.18 Å². The Bertz CT molecular complexity index is 507. The third-order valence-electron chi connectivity index (χ3n) is 4.32. The molecule has 1 saturated heterocycles. The standard InChI is InChI=1S/C12H15ClFN3O2/c1-7-15-16-11(19-7)12-4-2-3-8(12)5-17(6-12)10(18)9(13)14/h8-9H,2-6H2,1H3/t8-,9?,12-/m0/s1. The van der Waals surface area contributed by atoms with Gasteiger partial charge in [0.15, 0.2) is 0 Å². The van der Waals surface area contributed by atoms with E-state index in [2.05, 4.69) is 10.2 Å². The van der Waals surface area contributed by atoms with Crippen LogP contribution in [-0.2, 0) is 10.2 Å². The Morgan fingerprint density at radius 2 is 2.42 bits per heavy atom. The molecule has 1 unspecified atom stereocenters. The average molecular weight is 288 g/mol. The maximum Gasteiger partial charge on any atom is 0.272 e. The van der Waals surface area contributed by atoms with Gasteiger partial charge in [-0.25, -0.2) is 4.39 Å². The second-order valence-electron chi connectivity index (χ2n) is 5.39. The van der Waals surface area contributed by atoms with Crippen LogP contribution >= 0.6 is 11.6 Å². The molecule has 1 amide bonds. The first-order valence-corrected chi connectivity index (χ1v) is 6.84. The smallest absolute Gasteiger partial charge is 0.272 e. The van der Waals surface area contributed by atoms with Crippen LogP contribution in [0.25, 0.3) is 0 Å². The van der Waals surface area contributed by atoms with Crippen molar-refractivity contribution < 1.29 is 13.6 Å². The van der Waals surface area contributed by atoms with Gasteiger partial charge in [-0.2, -0.15) is 0 Å². The molecule has 3 rings (SSSR count). The molecule has 104 valence electrons. The Balaban J connectivity index is 1.90. The van der Waals surface area contributed by atoms with E-state index in [1.165, 1.54) is 4.90 Å². The number of aromatic nitrogens is 2. The van der Waals surface area contributed by atoms with Crippen LogP contribution in [0.2, 0.25) is 0 Å². The molecule has 7 heteroatoms. The van der Waals surface area contributed by atoms with Crippen molar-refractivity contribution in [3.8, 4) is 0 Å². The number of amides is 1. The van der Waals surface area contributed by atoms with Crippen LogP contribution in [0.3, 0.4) is 0 Å². The van der Waals surface area contributed by atoms with Gasteiger partial charge in [-0.3, -0.25) is 4.79 Å². The van der Waals surface area contributed by atoms with Gasteiger partial charge in [0.2, 0.25) is 11.8 Å². The van der Waals surface area contributed by atoms with E-state index in [-0.39, 0.29) is 11.3 Å². The van der Waals surface area contributed by atoms with E-state index in [0.29, 0.717) is 24.9 Å². The Labute approximate surface area is 115 Å². The zero-order chi connectivity index (χ0) is 13.6. The number of alkyl halides is 2. The maximum atomic E-state index is 13.0. The summed E-state index contributed by atoms with van der Waals surface area (Å²) in [6, 6.07) is 0. The summed E-state index contributed by atoms with van der Waals surface area (Å²) in [5.41, 5.74) is -2.27. The summed E-state index contributed by atoms with van der Waals surface area (Å²) in [6.07, 6.45) is 2.95. The second kappa shape index (κ2) is 4.44. The molecule has 3 atom stereocenters. The fourth-order valence-corrected chi connectivity index (χ4v) is 3.58. The Morgan fingerprint density at radius 3 is 3.05 bits per heavy atom. The number of nitrogens with zero attached hydrogens (tertiary/aromatic N) is 3. The van der Waals surface area contributed by atoms with Crippen LogP contribution in [0, 0.1) is 12.8 Å². The van der Waals surface area contributed by atoms with E-state index in [4.69, 9.17) is 16.0 Å². The SMILES string of the molecule is Cc1nnc([C@]23CCC[C@H]2CN(C(=O)C(F)Cl)C3)o1. The summed E-state index contributed by atoms with van der Waals surface area (Å²) in [6.45, 7) is 2.68. The second-order valence-corrected chi connectivity index (χ2v) is 5.77. The van der Waals surface area contributed by atoms with E-state index in [1.54, 1.807) is 6.92 Å². The Morgan fingerprint density at radius 1 is 1.63 bits per heavy atom. The summed E-state index contributed by atoms with van der Waals surface area (Å²) < 4.78 is 18.6. The number of fused-ring (bicyclic) bond motifs is 1. The summed E-state index contributed by atoms with van der Waals surface area (Å²) in [5.74, 6) is 0.687. The van der Waals surface area contributed by atoms with Gasteiger partial charge in [-0.05, 0) is 18.8 Å². The molecule has 1 aliphatic heterocycles. The topological polar surface area (TPSA) is 59.2 Å². The number of rotatable bonds is 2. The van der Waals surface area contributed by atoms with Gasteiger partial charge < -0.3 is 9.32 Å². The van der Waals surface area contributed by atoms with Crippen molar-refractivity contribution in [3.05, 3.63) is 11.8 Å². The minimum absolute atomic E-state index is 0.256. The fourth-order valence-electron chi connectivity index (χ4n) is 3.44. The largest absolute Gasteiger partial charge is 0.425 e. The molecule has 1 aromatic rings. The number of halogens is 2. The molecule has 1 aliphatic carbocycles. The molecule has 0 bridgehead atoms. The highest BCUT2D eigenvalue weighted by Crippen LogP contribution is 2.50. The summed E-state index contributed by atoms with van der Waals surface area (Å²) in [4.78, 5) is 13.2. The predicted octanol–water partition coefficient (Wildman–Crippen LogP) is 1.79. The number of hydrogen-bond acceptors (Lipinski definition) is 4. The maximum absolute atomic E-state index is 13.0. The van der Waals surface area contributed by atoms with Crippen molar-refractivity contribution in [1.29, 1.82) is 0 Å². The Kier molecular flexibility index (Phi) is 3.00. The van der Waals surface area contributed by atoms with Crippen LogP contribution in [0.15, 0.2) is 4.42 Å². The quantitative estimate of drug-likeness (QED) is 0.778. The third-order valence-corrected chi connectivity index (χ3v) is 4.51. The minimum Gasteiger partial charge on any atom is -0.425 e. The molecule has 0 aromatic carbocycles. The van der Waals surface area contributed by atoms with Crippen molar-refractivity contribution in [1.82, 2.24) is 15.1 Å². The molecule has 2 fully saturated rings. The normalized spacial score (nSPS) is 31.5. The van der Waals surface area contributed by atoms with Gasteiger partial charge in [0, 0.05) is 20.0 Å². The van der Waals surface area contributed by atoms with E-state index < -0.39 is 11.5 Å². The molecule has 0 radical (unpaired) electrons. The zero-order valence-electron chi connectivity index (χ0n) is 10.6. The summed E-state index contributed by atoms with van der Waals surface area (Å²) >= 11 is 5.25. The van der Waals surface area contributed by atoms with Crippen LogP contribution in [-0.4, -0.2) is 39.7 Å². The van der Waals surface area contributed by atoms with Gasteiger partial charge in [0.25, 0.3) is 11.5 Å². The van der Waals surface area contributed by atoms with E-state index >= 15 is 0 Å². The highest BCUT2D eigenvalue weighted by Gasteiger charge is 2.55. The molecule has 2 heterocycles. The lowest BCUT2D eigenvalue weighted by molar-refractivity contribution is -0.133. The number of carbonyl (C=O) groups is 1. The molecule has 2 aliphatic rings. The first-order valence-electron chi connectivity index (χ1n) is 6.40. The zero-order valence-corrected chi connectivity index (χ0v) is 11.4. The molecule has 5 nitrogen and oxygen atoms in total. The first kappa shape index (κ1) is 12.8. The van der Waals surface area contributed by atoms with Crippen LogP contribution in [0.1, 0.15) is 31.0 Å². The van der Waals surface area contributed by atoms with Crippen molar-refractivity contribution in [2.75, 3.05) is 13.1 Å². The van der Waals surface area contributed by atoms with Crippen molar-refractivity contribution in [2.24, 2.45) is 5.92 Å². The lowest BCUT2D eigenvalue weighted by Gasteiger charge is -2.24. The van der Waals surface area contributed by atoms with Gasteiger partial charge >= 0.3 is 0 Å². The van der Waals surface area contributed by atoms with Gasteiger partial charge in [0.1, 0.15) is 0 Å². The first-order chi connectivity index (χ1) is 9.03. The molecule has 1 saturated carbocycles. The molecule has 0 N–H and O–H groups in total. The number of hydrogen-bond donors (Lipinski definition) is 0. The van der Waals surface area contributed by atoms with E-state index in [1.807, 2.05) is 0 Å².